The first-order chi connectivity index (χ1) is 10.7. The largest absolute Gasteiger partial charge is 0.376 e. The lowest BCUT2D eigenvalue weighted by Crippen LogP contribution is -2.39. The molecule has 0 aliphatic carbocycles. The average molecular weight is 321 g/mol. The molecule has 0 aromatic heterocycles. The molecule has 0 radical (unpaired) electrons. The molecule has 1 unspecified atom stereocenters. The predicted molar refractivity (Wildman–Crippen MR) is 94.6 cm³/mol. The number of ether oxygens (including phenoxy) is 1. The van der Waals surface area contributed by atoms with Gasteiger partial charge in [0.05, 0.1) is 12.6 Å². The maximum Gasteiger partial charge on any atom is 0.194 e. The Balaban J connectivity index is 1.94. The third-order valence-corrected chi connectivity index (χ3v) is 4.49. The topological polar surface area (TPSA) is 36.9 Å². The van der Waals surface area contributed by atoms with Gasteiger partial charge in [0.25, 0.3) is 0 Å². The van der Waals surface area contributed by atoms with Crippen LogP contribution in [0.3, 0.4) is 0 Å². The molecule has 1 aromatic carbocycles. The number of aliphatic imine (C=N–C) groups is 1. The van der Waals surface area contributed by atoms with Gasteiger partial charge in [-0.25, -0.2) is 0 Å². The van der Waals surface area contributed by atoms with Crippen molar-refractivity contribution in [2.45, 2.75) is 37.3 Å². The van der Waals surface area contributed by atoms with E-state index in [0.29, 0.717) is 6.10 Å². The fourth-order valence-electron chi connectivity index (χ4n) is 2.53. The number of hydrogen-bond donors (Lipinski definition) is 1. The van der Waals surface area contributed by atoms with E-state index >= 15 is 0 Å². The zero-order chi connectivity index (χ0) is 15.8. The van der Waals surface area contributed by atoms with E-state index in [0.717, 1.165) is 45.0 Å². The summed E-state index contributed by atoms with van der Waals surface area (Å²) in [6.45, 7) is 5.46. The average Bonchev–Trinajstić information content (AvgIpc) is 3.05. The Labute approximate surface area is 138 Å². The van der Waals surface area contributed by atoms with Crippen molar-refractivity contribution in [2.75, 3.05) is 33.0 Å². The minimum absolute atomic E-state index is 0.294. The first-order valence-corrected chi connectivity index (χ1v) is 9.19. The highest BCUT2D eigenvalue weighted by atomic mass is 32.2. The maximum absolute atomic E-state index is 5.65. The minimum atomic E-state index is 0.294. The summed E-state index contributed by atoms with van der Waals surface area (Å²) in [7, 11) is 2.08. The highest BCUT2D eigenvalue weighted by Gasteiger charge is 2.15. The molecule has 1 N–H and O–H groups in total. The first kappa shape index (κ1) is 17.2. The summed E-state index contributed by atoms with van der Waals surface area (Å²) < 4.78 is 5.65. The summed E-state index contributed by atoms with van der Waals surface area (Å²) >= 11 is 1.77. The van der Waals surface area contributed by atoms with E-state index in [1.54, 1.807) is 11.8 Å². The molecule has 122 valence electrons. The summed E-state index contributed by atoms with van der Waals surface area (Å²) in [6.07, 6.45) is 4.68. The van der Waals surface area contributed by atoms with Gasteiger partial charge in [-0.2, -0.15) is 0 Å². The molecule has 0 spiro atoms. The van der Waals surface area contributed by atoms with Crippen LogP contribution in [0.4, 0.5) is 0 Å². The van der Waals surface area contributed by atoms with Gasteiger partial charge in [-0.15, -0.1) is 11.8 Å². The van der Waals surface area contributed by atoms with Crippen LogP contribution in [0.25, 0.3) is 0 Å². The second-order valence-electron chi connectivity index (χ2n) is 5.53. The predicted octanol–water partition coefficient (Wildman–Crippen LogP) is 2.98. The van der Waals surface area contributed by atoms with E-state index in [1.165, 1.54) is 10.5 Å². The number of rotatable bonds is 6. The van der Waals surface area contributed by atoms with Gasteiger partial charge in [0.1, 0.15) is 0 Å². The third-order valence-electron chi connectivity index (χ3n) is 3.74. The van der Waals surface area contributed by atoms with Gasteiger partial charge < -0.3 is 15.0 Å². The standard InChI is InChI=1S/C17H27N3OS/c1-4-18-17(19-12-15-6-5-11-21-15)20(2)13-14-7-9-16(22-3)10-8-14/h7-10,15H,4-6,11-13H2,1-3H3,(H,18,19). The van der Waals surface area contributed by atoms with Gasteiger partial charge >= 0.3 is 0 Å². The lowest BCUT2D eigenvalue weighted by Gasteiger charge is -2.22. The van der Waals surface area contributed by atoms with Crippen LogP contribution in [0.5, 0.6) is 0 Å². The second kappa shape index (κ2) is 9.06. The molecule has 0 saturated carbocycles. The molecular weight excluding hydrogens is 294 g/mol. The number of hydrogen-bond acceptors (Lipinski definition) is 3. The monoisotopic (exact) mass is 321 g/mol. The van der Waals surface area contributed by atoms with Crippen LogP contribution < -0.4 is 5.32 Å². The third kappa shape index (κ3) is 5.21. The SMILES string of the molecule is CCNC(=NCC1CCCO1)N(C)Cc1ccc(SC)cc1. The van der Waals surface area contributed by atoms with Crippen molar-refractivity contribution < 1.29 is 4.74 Å². The number of guanidine groups is 1. The van der Waals surface area contributed by atoms with Crippen LogP contribution in [-0.2, 0) is 11.3 Å². The number of nitrogens with one attached hydrogen (secondary N) is 1. The summed E-state index contributed by atoms with van der Waals surface area (Å²) in [6, 6.07) is 8.71. The fourth-order valence-corrected chi connectivity index (χ4v) is 2.93. The molecule has 1 fully saturated rings. The molecule has 1 atom stereocenters. The van der Waals surface area contributed by atoms with Crippen molar-refractivity contribution in [3.63, 3.8) is 0 Å². The molecule has 1 aromatic rings. The molecule has 1 aliphatic rings. The van der Waals surface area contributed by atoms with E-state index in [4.69, 9.17) is 9.73 Å². The van der Waals surface area contributed by atoms with E-state index in [9.17, 15) is 0 Å². The molecule has 5 heteroatoms. The number of thioether (sulfide) groups is 1. The molecule has 0 bridgehead atoms. The Morgan fingerprint density at radius 1 is 1.41 bits per heavy atom. The van der Waals surface area contributed by atoms with Crippen LogP contribution in [0.2, 0.25) is 0 Å². The number of nitrogens with zero attached hydrogens (tertiary/aromatic N) is 2. The zero-order valence-electron chi connectivity index (χ0n) is 13.8. The van der Waals surface area contributed by atoms with Gasteiger partial charge in [0, 0.05) is 31.6 Å². The lowest BCUT2D eigenvalue weighted by atomic mass is 10.2. The Morgan fingerprint density at radius 3 is 2.77 bits per heavy atom. The Kier molecular flexibility index (Phi) is 7.06. The summed E-state index contributed by atoms with van der Waals surface area (Å²) in [4.78, 5) is 8.20. The summed E-state index contributed by atoms with van der Waals surface area (Å²) in [5.41, 5.74) is 1.29. The molecule has 1 heterocycles. The van der Waals surface area contributed by atoms with E-state index < -0.39 is 0 Å². The van der Waals surface area contributed by atoms with Gasteiger partial charge in [0.15, 0.2) is 5.96 Å². The zero-order valence-corrected chi connectivity index (χ0v) is 14.7. The molecular formula is C17H27N3OS. The van der Waals surface area contributed by atoms with E-state index in [-0.39, 0.29) is 0 Å². The van der Waals surface area contributed by atoms with Crippen LogP contribution >= 0.6 is 11.8 Å². The van der Waals surface area contributed by atoms with Crippen LogP contribution in [0.1, 0.15) is 25.3 Å². The summed E-state index contributed by atoms with van der Waals surface area (Å²) in [5, 5.41) is 3.37. The normalized spacial score (nSPS) is 18.5. The quantitative estimate of drug-likeness (QED) is 0.496. The molecule has 1 saturated heterocycles. The minimum Gasteiger partial charge on any atom is -0.376 e. The van der Waals surface area contributed by atoms with E-state index in [1.807, 2.05) is 0 Å². The van der Waals surface area contributed by atoms with Crippen molar-refractivity contribution in [2.24, 2.45) is 4.99 Å². The van der Waals surface area contributed by atoms with Gasteiger partial charge in [-0.1, -0.05) is 12.1 Å². The molecule has 4 nitrogen and oxygen atoms in total. The fraction of sp³-hybridized carbons (Fsp3) is 0.588. The van der Waals surface area contributed by atoms with Crippen LogP contribution in [0, 0.1) is 0 Å². The van der Waals surface area contributed by atoms with Gasteiger partial charge in [0.2, 0.25) is 0 Å². The van der Waals surface area contributed by atoms with Crippen molar-refractivity contribution in [3.8, 4) is 0 Å². The highest BCUT2D eigenvalue weighted by molar-refractivity contribution is 7.98. The Bertz CT molecular complexity index is 469. The first-order valence-electron chi connectivity index (χ1n) is 7.97. The van der Waals surface area contributed by atoms with Gasteiger partial charge in [-0.05, 0) is 43.7 Å². The molecule has 0 amide bonds. The Hall–Kier alpha value is -1.20. The summed E-state index contributed by atoms with van der Waals surface area (Å²) in [5.74, 6) is 0.951. The van der Waals surface area contributed by atoms with Crippen LogP contribution in [0.15, 0.2) is 34.2 Å². The van der Waals surface area contributed by atoms with Crippen molar-refractivity contribution in [1.29, 1.82) is 0 Å². The van der Waals surface area contributed by atoms with Gasteiger partial charge in [-0.3, -0.25) is 4.99 Å². The molecule has 2 rings (SSSR count). The molecule has 1 aliphatic heterocycles. The van der Waals surface area contributed by atoms with Crippen molar-refractivity contribution in [3.05, 3.63) is 29.8 Å². The smallest absolute Gasteiger partial charge is 0.194 e. The lowest BCUT2D eigenvalue weighted by molar-refractivity contribution is 0.117. The van der Waals surface area contributed by atoms with Crippen molar-refractivity contribution in [1.82, 2.24) is 10.2 Å². The van der Waals surface area contributed by atoms with E-state index in [2.05, 4.69) is 54.7 Å². The maximum atomic E-state index is 5.65. The second-order valence-corrected chi connectivity index (χ2v) is 6.41. The number of benzene rings is 1. The Morgan fingerprint density at radius 2 is 2.18 bits per heavy atom. The molecule has 22 heavy (non-hydrogen) atoms. The van der Waals surface area contributed by atoms with Crippen molar-refractivity contribution >= 4 is 17.7 Å². The highest BCUT2D eigenvalue weighted by Crippen LogP contribution is 2.16. The van der Waals surface area contributed by atoms with Crippen LogP contribution in [-0.4, -0.2) is 50.0 Å².